The molecule has 14 heavy (non-hydrogen) atoms. The molecule has 1 heterocycles. The lowest BCUT2D eigenvalue weighted by atomic mass is 10.3. The van der Waals surface area contributed by atoms with Crippen molar-refractivity contribution in [3.8, 4) is 0 Å². The van der Waals surface area contributed by atoms with Crippen LogP contribution >= 0.6 is 0 Å². The highest BCUT2D eigenvalue weighted by atomic mass is 16.5. The number of methoxy groups -OCH3 is 1. The number of amides is 2. The van der Waals surface area contributed by atoms with E-state index < -0.39 is 0 Å². The number of carbonyl (C=O) groups is 3. The topological polar surface area (TPSA) is 63.7 Å². The van der Waals surface area contributed by atoms with E-state index in [1.165, 1.54) is 12.0 Å². The molecule has 5 heteroatoms. The van der Waals surface area contributed by atoms with Gasteiger partial charge < -0.3 is 4.74 Å². The number of hydrogen-bond acceptors (Lipinski definition) is 4. The summed E-state index contributed by atoms with van der Waals surface area (Å²) in [6.07, 6.45) is 1.33. The predicted molar refractivity (Wildman–Crippen MR) is 47.2 cm³/mol. The summed E-state index contributed by atoms with van der Waals surface area (Å²) in [6, 6.07) is 0. The van der Waals surface area contributed by atoms with Gasteiger partial charge in [0.2, 0.25) is 11.8 Å². The minimum Gasteiger partial charge on any atom is -0.469 e. The lowest BCUT2D eigenvalue weighted by Crippen LogP contribution is -2.30. The van der Waals surface area contributed by atoms with Gasteiger partial charge >= 0.3 is 5.97 Å². The van der Waals surface area contributed by atoms with Crippen LogP contribution in [0.25, 0.3) is 0 Å². The Morgan fingerprint density at radius 2 is 1.93 bits per heavy atom. The summed E-state index contributed by atoms with van der Waals surface area (Å²) in [6.45, 7) is 0.326. The van der Waals surface area contributed by atoms with Crippen LogP contribution < -0.4 is 0 Å². The highest BCUT2D eigenvalue weighted by molar-refractivity contribution is 6.01. The van der Waals surface area contributed by atoms with Gasteiger partial charge in [-0.15, -0.1) is 0 Å². The van der Waals surface area contributed by atoms with Crippen LogP contribution in [0.3, 0.4) is 0 Å². The quantitative estimate of drug-likeness (QED) is 0.475. The fraction of sp³-hybridized carbons (Fsp3) is 0.667. The number of imide groups is 1. The van der Waals surface area contributed by atoms with Crippen molar-refractivity contribution in [3.63, 3.8) is 0 Å². The maximum Gasteiger partial charge on any atom is 0.305 e. The van der Waals surface area contributed by atoms with Gasteiger partial charge in [0.15, 0.2) is 0 Å². The molecule has 0 saturated carbocycles. The second kappa shape index (κ2) is 4.74. The summed E-state index contributed by atoms with van der Waals surface area (Å²) in [4.78, 5) is 34.2. The van der Waals surface area contributed by atoms with Crippen LogP contribution in [-0.4, -0.2) is 36.3 Å². The number of nitrogens with zero attached hydrogens (tertiary/aromatic N) is 1. The molecule has 5 nitrogen and oxygen atoms in total. The first-order valence-electron chi connectivity index (χ1n) is 4.55. The van der Waals surface area contributed by atoms with Crippen LogP contribution in [0.1, 0.15) is 25.7 Å². The van der Waals surface area contributed by atoms with Crippen LogP contribution in [0.2, 0.25) is 0 Å². The van der Waals surface area contributed by atoms with Crippen molar-refractivity contribution in [2.45, 2.75) is 25.7 Å². The number of carbonyl (C=O) groups excluding carboxylic acids is 3. The Morgan fingerprint density at radius 3 is 2.43 bits per heavy atom. The second-order valence-electron chi connectivity index (χ2n) is 3.12. The minimum atomic E-state index is -0.316. The highest BCUT2D eigenvalue weighted by Crippen LogP contribution is 2.12. The normalized spacial score (nSPS) is 16.2. The number of rotatable bonds is 4. The molecule has 78 valence electrons. The number of hydrogen-bond donors (Lipinski definition) is 0. The summed E-state index contributed by atoms with van der Waals surface area (Å²) < 4.78 is 4.44. The van der Waals surface area contributed by atoms with Crippen molar-refractivity contribution in [1.29, 1.82) is 0 Å². The summed E-state index contributed by atoms with van der Waals surface area (Å²) in [5.41, 5.74) is 0. The Bertz CT molecular complexity index is 246. The Morgan fingerprint density at radius 1 is 1.36 bits per heavy atom. The van der Waals surface area contributed by atoms with Crippen molar-refractivity contribution in [1.82, 2.24) is 4.90 Å². The molecule has 0 radical (unpaired) electrons. The standard InChI is InChI=1S/C9H13NO4/c1-14-9(13)3-2-6-10-7(11)4-5-8(10)12/h2-6H2,1H3. The van der Waals surface area contributed by atoms with Crippen molar-refractivity contribution in [2.24, 2.45) is 0 Å². The van der Waals surface area contributed by atoms with E-state index in [1.54, 1.807) is 0 Å². The molecule has 1 saturated heterocycles. The molecule has 1 rings (SSSR count). The van der Waals surface area contributed by atoms with Crippen LogP contribution in [0, 0.1) is 0 Å². The lowest BCUT2D eigenvalue weighted by molar-refractivity contribution is -0.143. The molecule has 1 fully saturated rings. The maximum atomic E-state index is 11.1. The summed E-state index contributed by atoms with van der Waals surface area (Å²) in [5, 5.41) is 0. The molecule has 0 atom stereocenters. The molecule has 0 aromatic heterocycles. The molecule has 1 aliphatic heterocycles. The van der Waals surface area contributed by atoms with Gasteiger partial charge in [0.1, 0.15) is 0 Å². The zero-order valence-corrected chi connectivity index (χ0v) is 8.12. The molecule has 2 amide bonds. The maximum absolute atomic E-state index is 11.1. The van der Waals surface area contributed by atoms with E-state index in [0.717, 1.165) is 0 Å². The molecule has 0 aromatic rings. The lowest BCUT2D eigenvalue weighted by Gasteiger charge is -2.12. The fourth-order valence-corrected chi connectivity index (χ4v) is 1.36. The van der Waals surface area contributed by atoms with Gasteiger partial charge in [-0.1, -0.05) is 0 Å². The Kier molecular flexibility index (Phi) is 3.62. The van der Waals surface area contributed by atoms with Gasteiger partial charge in [-0.3, -0.25) is 19.3 Å². The van der Waals surface area contributed by atoms with Gasteiger partial charge in [-0.25, -0.2) is 0 Å². The average molecular weight is 199 g/mol. The van der Waals surface area contributed by atoms with Crippen molar-refractivity contribution >= 4 is 17.8 Å². The molecule has 0 bridgehead atoms. The number of likely N-dealkylation sites (tertiary alicyclic amines) is 1. The van der Waals surface area contributed by atoms with Crippen LogP contribution in [0.15, 0.2) is 0 Å². The molecule has 0 aliphatic carbocycles. The van der Waals surface area contributed by atoms with Crippen LogP contribution in [0.4, 0.5) is 0 Å². The van der Waals surface area contributed by atoms with Crippen LogP contribution in [0.5, 0.6) is 0 Å². The third-order valence-corrected chi connectivity index (χ3v) is 2.15. The monoisotopic (exact) mass is 199 g/mol. The third kappa shape index (κ3) is 2.55. The van der Waals surface area contributed by atoms with E-state index in [1.807, 2.05) is 0 Å². The van der Waals surface area contributed by atoms with E-state index in [-0.39, 0.29) is 24.2 Å². The first-order valence-corrected chi connectivity index (χ1v) is 4.55. The fourth-order valence-electron chi connectivity index (χ4n) is 1.36. The molecule has 0 aromatic carbocycles. The Labute approximate surface area is 82.0 Å². The van der Waals surface area contributed by atoms with Crippen molar-refractivity contribution < 1.29 is 19.1 Å². The van der Waals surface area contributed by atoms with Gasteiger partial charge in [-0.05, 0) is 6.42 Å². The minimum absolute atomic E-state index is 0.139. The zero-order chi connectivity index (χ0) is 10.6. The van der Waals surface area contributed by atoms with Crippen LogP contribution in [-0.2, 0) is 19.1 Å². The number of esters is 1. The average Bonchev–Trinajstić information content (AvgIpc) is 2.48. The summed E-state index contributed by atoms with van der Waals surface area (Å²) >= 11 is 0. The van der Waals surface area contributed by atoms with Gasteiger partial charge in [-0.2, -0.15) is 0 Å². The van der Waals surface area contributed by atoms with E-state index in [4.69, 9.17) is 0 Å². The first kappa shape index (κ1) is 10.7. The van der Waals surface area contributed by atoms with E-state index in [2.05, 4.69) is 4.74 Å². The number of ether oxygens (including phenoxy) is 1. The molecule has 1 aliphatic rings. The van der Waals surface area contributed by atoms with E-state index in [9.17, 15) is 14.4 Å². The van der Waals surface area contributed by atoms with E-state index >= 15 is 0 Å². The highest BCUT2D eigenvalue weighted by Gasteiger charge is 2.28. The van der Waals surface area contributed by atoms with Crippen molar-refractivity contribution in [2.75, 3.05) is 13.7 Å². The molecular formula is C9H13NO4. The summed E-state index contributed by atoms with van der Waals surface area (Å²) in [5.74, 6) is -0.594. The molecular weight excluding hydrogens is 186 g/mol. The largest absolute Gasteiger partial charge is 0.469 e. The third-order valence-electron chi connectivity index (χ3n) is 2.15. The van der Waals surface area contributed by atoms with Crippen molar-refractivity contribution in [3.05, 3.63) is 0 Å². The van der Waals surface area contributed by atoms with Gasteiger partial charge in [0.05, 0.1) is 7.11 Å². The van der Waals surface area contributed by atoms with Gasteiger partial charge in [0, 0.05) is 25.8 Å². The predicted octanol–water partition coefficient (Wildman–Crippen LogP) is 0.0886. The Balaban J connectivity index is 2.27. The first-order chi connectivity index (χ1) is 6.65. The molecule has 0 unspecified atom stereocenters. The zero-order valence-electron chi connectivity index (χ0n) is 8.12. The second-order valence-corrected chi connectivity index (χ2v) is 3.12. The smallest absolute Gasteiger partial charge is 0.305 e. The SMILES string of the molecule is COC(=O)CCCN1C(=O)CCC1=O. The Hall–Kier alpha value is -1.39. The molecule has 0 spiro atoms. The summed E-state index contributed by atoms with van der Waals surface area (Å²) in [7, 11) is 1.31. The van der Waals surface area contributed by atoms with Gasteiger partial charge in [0.25, 0.3) is 0 Å². The van der Waals surface area contributed by atoms with E-state index in [0.29, 0.717) is 25.8 Å². The molecule has 0 N–H and O–H groups in total.